The highest BCUT2D eigenvalue weighted by atomic mass is 16.5. The van der Waals surface area contributed by atoms with E-state index in [1.54, 1.807) is 11.8 Å². The number of aromatic nitrogens is 2. The first-order valence-corrected chi connectivity index (χ1v) is 13.2. The Morgan fingerprint density at radius 2 is 1.46 bits per heavy atom. The largest absolute Gasteiger partial charge is 0.368 e. The van der Waals surface area contributed by atoms with Crippen LogP contribution in [0, 0.1) is 6.92 Å². The molecule has 1 heterocycles. The van der Waals surface area contributed by atoms with Gasteiger partial charge in [-0.1, -0.05) is 90.1 Å². The fourth-order valence-corrected chi connectivity index (χ4v) is 4.74. The normalized spacial score (nSPS) is 11.9. The summed E-state index contributed by atoms with van der Waals surface area (Å²) in [7, 11) is 0. The fourth-order valence-electron chi connectivity index (χ4n) is 4.74. The number of amides is 2. The number of hydrogen-bond donors (Lipinski definition) is 2. The van der Waals surface area contributed by atoms with Gasteiger partial charge in [0.1, 0.15) is 6.04 Å². The lowest BCUT2D eigenvalue weighted by Gasteiger charge is -2.33. The second-order valence-electron chi connectivity index (χ2n) is 9.62. The Balaban J connectivity index is 1.62. The topological polar surface area (TPSA) is 128 Å². The van der Waals surface area contributed by atoms with Crippen LogP contribution in [0.15, 0.2) is 89.5 Å². The summed E-state index contributed by atoms with van der Waals surface area (Å²) in [6.45, 7) is 2.44. The first-order valence-electron chi connectivity index (χ1n) is 13.2. The molecule has 1 aromatic heterocycles. The summed E-state index contributed by atoms with van der Waals surface area (Å²) in [6, 6.07) is 26.5. The van der Waals surface area contributed by atoms with E-state index in [0.29, 0.717) is 37.5 Å². The van der Waals surface area contributed by atoms with Crippen molar-refractivity contribution < 1.29 is 14.1 Å². The fraction of sp³-hybridized carbons (Fsp3) is 0.290. The predicted molar refractivity (Wildman–Crippen MR) is 149 cm³/mol. The van der Waals surface area contributed by atoms with E-state index in [9.17, 15) is 9.59 Å². The highest BCUT2D eigenvalue weighted by molar-refractivity contribution is 5.92. The van der Waals surface area contributed by atoms with Crippen LogP contribution in [0.4, 0.5) is 0 Å². The summed E-state index contributed by atoms with van der Waals surface area (Å²) in [5.74, 6) is -0.0741. The Kier molecular flexibility index (Phi) is 9.58. The Morgan fingerprint density at radius 3 is 1.97 bits per heavy atom. The van der Waals surface area contributed by atoms with Gasteiger partial charge in [-0.15, -0.1) is 0 Å². The van der Waals surface area contributed by atoms with Crippen LogP contribution in [0.5, 0.6) is 0 Å². The van der Waals surface area contributed by atoms with Crippen LogP contribution in [-0.4, -0.2) is 39.4 Å². The molecular weight excluding hydrogens is 490 g/mol. The van der Waals surface area contributed by atoms with Crippen LogP contribution in [0.25, 0.3) is 0 Å². The molecule has 202 valence electrons. The van der Waals surface area contributed by atoms with Crippen molar-refractivity contribution in [2.45, 2.75) is 51.1 Å². The van der Waals surface area contributed by atoms with Gasteiger partial charge >= 0.3 is 0 Å². The van der Waals surface area contributed by atoms with Gasteiger partial charge in [0.25, 0.3) is 0 Å². The number of primary amides is 1. The third-order valence-corrected chi connectivity index (χ3v) is 6.76. The minimum atomic E-state index is -0.781. The first-order chi connectivity index (χ1) is 19.0. The van der Waals surface area contributed by atoms with E-state index in [1.165, 1.54) is 0 Å². The number of nitrogens with zero attached hydrogens (tertiary/aromatic N) is 3. The Morgan fingerprint density at radius 1 is 0.872 bits per heavy atom. The van der Waals surface area contributed by atoms with Gasteiger partial charge in [0.15, 0.2) is 5.82 Å². The molecule has 8 nitrogen and oxygen atoms in total. The number of carbonyl (C=O) groups excluding carboxylic acids is 2. The highest BCUT2D eigenvalue weighted by Crippen LogP contribution is 2.29. The van der Waals surface area contributed by atoms with Crippen molar-refractivity contribution in [1.29, 1.82) is 0 Å². The van der Waals surface area contributed by atoms with E-state index < -0.39 is 17.9 Å². The molecule has 0 aliphatic heterocycles. The number of carbonyl (C=O) groups is 2. The van der Waals surface area contributed by atoms with Gasteiger partial charge in [0.2, 0.25) is 17.7 Å². The molecule has 39 heavy (non-hydrogen) atoms. The molecule has 0 bridgehead atoms. The SMILES string of the molecule is Cc1noc(CCc2ccc(CN(C(=O)C(c3ccccc3)c3ccccc3)[C@H](CCCN)C(N)=O)cc2)n1. The standard InChI is InChI=1S/C31H35N5O3/c1-22-34-28(39-35-22)19-18-23-14-16-24(17-15-23)21-36(27(30(33)37)13-8-20-32)31(38)29(25-9-4-2-5-10-25)26-11-6-3-7-12-26/h2-7,9-12,14-17,27,29H,8,13,18-21,32H2,1H3,(H2,33,37)/t27-/m1/s1. The first kappa shape index (κ1) is 27.7. The van der Waals surface area contributed by atoms with Crippen molar-refractivity contribution in [2.24, 2.45) is 11.5 Å². The van der Waals surface area contributed by atoms with Crippen LogP contribution in [0.1, 0.15) is 52.7 Å². The monoisotopic (exact) mass is 525 g/mol. The van der Waals surface area contributed by atoms with Gasteiger partial charge in [-0.3, -0.25) is 9.59 Å². The molecule has 0 aliphatic carbocycles. The number of aryl methyl sites for hydroxylation is 3. The summed E-state index contributed by atoms with van der Waals surface area (Å²) in [6.07, 6.45) is 2.36. The summed E-state index contributed by atoms with van der Waals surface area (Å²) < 4.78 is 5.21. The molecule has 0 aliphatic rings. The average molecular weight is 526 g/mol. The minimum absolute atomic E-state index is 0.177. The smallest absolute Gasteiger partial charge is 0.240 e. The highest BCUT2D eigenvalue weighted by Gasteiger charge is 2.34. The van der Waals surface area contributed by atoms with Gasteiger partial charge in [0.05, 0.1) is 5.92 Å². The van der Waals surface area contributed by atoms with Crippen LogP contribution >= 0.6 is 0 Å². The Bertz CT molecular complexity index is 1300. The molecule has 0 radical (unpaired) electrons. The summed E-state index contributed by atoms with van der Waals surface area (Å²) in [5.41, 5.74) is 15.4. The lowest BCUT2D eigenvalue weighted by atomic mass is 9.89. The van der Waals surface area contributed by atoms with Crippen molar-refractivity contribution in [3.63, 3.8) is 0 Å². The quantitative estimate of drug-likeness (QED) is 0.272. The molecule has 0 unspecified atom stereocenters. The summed E-state index contributed by atoms with van der Waals surface area (Å²) in [4.78, 5) is 32.9. The molecule has 4 N–H and O–H groups in total. The van der Waals surface area contributed by atoms with E-state index in [1.807, 2.05) is 84.9 Å². The van der Waals surface area contributed by atoms with E-state index in [4.69, 9.17) is 16.0 Å². The van der Waals surface area contributed by atoms with Crippen LogP contribution in [0.2, 0.25) is 0 Å². The maximum Gasteiger partial charge on any atom is 0.240 e. The molecule has 3 aromatic carbocycles. The van der Waals surface area contributed by atoms with Crippen molar-refractivity contribution >= 4 is 11.8 Å². The molecule has 0 saturated carbocycles. The Hall–Kier alpha value is -4.30. The van der Waals surface area contributed by atoms with Gasteiger partial charge in [-0.2, -0.15) is 4.98 Å². The second kappa shape index (κ2) is 13.5. The molecule has 0 fully saturated rings. The number of benzene rings is 3. The van der Waals surface area contributed by atoms with Crippen LogP contribution in [-0.2, 0) is 29.0 Å². The van der Waals surface area contributed by atoms with Gasteiger partial charge in [0, 0.05) is 13.0 Å². The van der Waals surface area contributed by atoms with E-state index in [2.05, 4.69) is 10.1 Å². The third-order valence-electron chi connectivity index (χ3n) is 6.76. The third kappa shape index (κ3) is 7.39. The molecule has 0 saturated heterocycles. The molecular formula is C31H35N5O3. The van der Waals surface area contributed by atoms with E-state index in [0.717, 1.165) is 28.7 Å². The zero-order valence-electron chi connectivity index (χ0n) is 22.2. The molecule has 4 rings (SSSR count). The van der Waals surface area contributed by atoms with Gasteiger partial charge in [-0.05, 0) is 55.0 Å². The molecule has 1 atom stereocenters. The van der Waals surface area contributed by atoms with Crippen molar-refractivity contribution in [3.05, 3.63) is 119 Å². The average Bonchev–Trinajstić information content (AvgIpc) is 3.38. The second-order valence-corrected chi connectivity index (χ2v) is 9.62. The maximum absolute atomic E-state index is 14.3. The lowest BCUT2D eigenvalue weighted by Crippen LogP contribution is -2.49. The zero-order chi connectivity index (χ0) is 27.6. The lowest BCUT2D eigenvalue weighted by molar-refractivity contribution is -0.141. The number of nitrogens with two attached hydrogens (primary N) is 2. The van der Waals surface area contributed by atoms with Gasteiger partial charge in [-0.25, -0.2) is 0 Å². The number of hydrogen-bond acceptors (Lipinski definition) is 6. The molecule has 2 amide bonds. The van der Waals surface area contributed by atoms with Crippen LogP contribution < -0.4 is 11.5 Å². The van der Waals surface area contributed by atoms with Gasteiger partial charge < -0.3 is 20.9 Å². The Labute approximate surface area is 229 Å². The maximum atomic E-state index is 14.3. The van der Waals surface area contributed by atoms with Crippen LogP contribution in [0.3, 0.4) is 0 Å². The van der Waals surface area contributed by atoms with E-state index in [-0.39, 0.29) is 12.5 Å². The van der Waals surface area contributed by atoms with Crippen molar-refractivity contribution in [3.8, 4) is 0 Å². The summed E-state index contributed by atoms with van der Waals surface area (Å²) in [5, 5.41) is 3.83. The summed E-state index contributed by atoms with van der Waals surface area (Å²) >= 11 is 0. The predicted octanol–water partition coefficient (Wildman–Crippen LogP) is 3.92. The molecule has 0 spiro atoms. The zero-order valence-corrected chi connectivity index (χ0v) is 22.2. The molecule has 8 heteroatoms. The number of rotatable bonds is 13. The molecule has 4 aromatic rings. The van der Waals surface area contributed by atoms with E-state index >= 15 is 0 Å². The van der Waals surface area contributed by atoms with Crippen molar-refractivity contribution in [2.75, 3.05) is 6.54 Å². The van der Waals surface area contributed by atoms with Crippen molar-refractivity contribution in [1.82, 2.24) is 15.0 Å². The minimum Gasteiger partial charge on any atom is -0.368 e.